The molecule has 1 aromatic heterocycles. The summed E-state index contributed by atoms with van der Waals surface area (Å²) in [6.45, 7) is 0.0959. The third-order valence-electron chi connectivity index (χ3n) is 2.72. The fraction of sp³-hybridized carbons (Fsp3) is 0.727. The van der Waals surface area contributed by atoms with E-state index in [0.29, 0.717) is 16.0 Å². The maximum Gasteiger partial charge on any atom is 0.405 e. The van der Waals surface area contributed by atoms with Gasteiger partial charge in [0, 0.05) is 13.2 Å². The number of anilines is 1. The van der Waals surface area contributed by atoms with Crippen LogP contribution in [0.15, 0.2) is 4.34 Å². The highest BCUT2D eigenvalue weighted by Crippen LogP contribution is 2.25. The van der Waals surface area contributed by atoms with Gasteiger partial charge in [-0.15, -0.1) is 10.2 Å². The monoisotopic (exact) mass is 356 g/mol. The van der Waals surface area contributed by atoms with Gasteiger partial charge in [-0.25, -0.2) is 0 Å². The summed E-state index contributed by atoms with van der Waals surface area (Å²) in [6.07, 6.45) is -2.17. The second-order valence-electron chi connectivity index (χ2n) is 4.57. The van der Waals surface area contributed by atoms with Gasteiger partial charge in [0.25, 0.3) is 0 Å². The molecule has 0 saturated carbocycles. The first-order valence-corrected chi connectivity index (χ1v) is 8.38. The number of ether oxygens (including phenoxy) is 1. The van der Waals surface area contributed by atoms with Crippen LogP contribution in [0.3, 0.4) is 0 Å². The van der Waals surface area contributed by atoms with Gasteiger partial charge in [-0.2, -0.15) is 13.2 Å². The van der Waals surface area contributed by atoms with E-state index in [1.807, 2.05) is 0 Å². The van der Waals surface area contributed by atoms with E-state index in [-0.39, 0.29) is 11.9 Å². The van der Waals surface area contributed by atoms with Crippen molar-refractivity contribution in [2.45, 2.75) is 29.5 Å². The molecule has 22 heavy (non-hydrogen) atoms. The van der Waals surface area contributed by atoms with Crippen LogP contribution in [0.5, 0.6) is 0 Å². The normalized spacial score (nSPS) is 18.4. The Labute approximate surface area is 133 Å². The molecule has 1 aliphatic rings. The molecule has 0 aromatic carbocycles. The Balaban J connectivity index is 1.66. The Morgan fingerprint density at radius 1 is 1.45 bits per heavy atom. The van der Waals surface area contributed by atoms with Crippen LogP contribution in [0.25, 0.3) is 0 Å². The van der Waals surface area contributed by atoms with Gasteiger partial charge >= 0.3 is 6.18 Å². The molecule has 6 nitrogen and oxygen atoms in total. The van der Waals surface area contributed by atoms with E-state index in [0.717, 1.165) is 31.2 Å². The average Bonchev–Trinajstić information content (AvgIpc) is 3.11. The largest absolute Gasteiger partial charge is 0.405 e. The lowest BCUT2D eigenvalue weighted by Gasteiger charge is -2.08. The van der Waals surface area contributed by atoms with Crippen LogP contribution in [0.4, 0.5) is 18.3 Å². The first kappa shape index (κ1) is 17.3. The van der Waals surface area contributed by atoms with Crippen LogP contribution >= 0.6 is 23.1 Å². The van der Waals surface area contributed by atoms with Gasteiger partial charge in [0.05, 0.1) is 11.9 Å². The molecule has 0 radical (unpaired) electrons. The van der Waals surface area contributed by atoms with Gasteiger partial charge in [-0.3, -0.25) is 4.79 Å². The van der Waals surface area contributed by atoms with E-state index in [9.17, 15) is 18.0 Å². The van der Waals surface area contributed by atoms with Crippen molar-refractivity contribution in [1.29, 1.82) is 0 Å². The Morgan fingerprint density at radius 3 is 2.95 bits per heavy atom. The van der Waals surface area contributed by atoms with Crippen molar-refractivity contribution in [3.8, 4) is 0 Å². The number of thioether (sulfide) groups is 1. The summed E-state index contributed by atoms with van der Waals surface area (Å²) in [6, 6.07) is 0. The standard InChI is InChI=1S/C11H15F3N4O2S2/c12-11(13,14)6-16-8(19)5-21-10-18-17-9(22-10)15-4-7-2-1-3-20-7/h7H,1-6H2,(H,15,17)(H,16,19). The topological polar surface area (TPSA) is 76.1 Å². The Bertz CT molecular complexity index is 492. The van der Waals surface area contributed by atoms with E-state index in [1.54, 1.807) is 5.32 Å². The SMILES string of the molecule is O=C(CSc1nnc(NCC2CCCO2)s1)NCC(F)(F)F. The third kappa shape index (κ3) is 6.36. The van der Waals surface area contributed by atoms with Crippen LogP contribution in [0.1, 0.15) is 12.8 Å². The fourth-order valence-electron chi connectivity index (χ4n) is 1.72. The number of nitrogens with zero attached hydrogens (tertiary/aromatic N) is 2. The second-order valence-corrected chi connectivity index (χ2v) is 6.77. The zero-order chi connectivity index (χ0) is 16.0. The Hall–Kier alpha value is -1.07. The highest BCUT2D eigenvalue weighted by molar-refractivity contribution is 8.01. The molecular weight excluding hydrogens is 341 g/mol. The molecule has 1 unspecified atom stereocenters. The van der Waals surface area contributed by atoms with Crippen molar-refractivity contribution in [2.75, 3.05) is 30.8 Å². The van der Waals surface area contributed by atoms with E-state index < -0.39 is 18.6 Å². The molecule has 1 amide bonds. The number of carbonyl (C=O) groups is 1. The molecule has 0 spiro atoms. The predicted octanol–water partition coefficient (Wildman–Crippen LogP) is 1.90. The van der Waals surface area contributed by atoms with E-state index in [1.165, 1.54) is 11.3 Å². The van der Waals surface area contributed by atoms with E-state index in [2.05, 4.69) is 15.5 Å². The molecule has 11 heteroatoms. The quantitative estimate of drug-likeness (QED) is 0.727. The van der Waals surface area contributed by atoms with Crippen molar-refractivity contribution >= 4 is 34.1 Å². The van der Waals surface area contributed by atoms with E-state index in [4.69, 9.17) is 4.74 Å². The van der Waals surface area contributed by atoms with Crippen molar-refractivity contribution in [2.24, 2.45) is 0 Å². The van der Waals surface area contributed by atoms with Gasteiger partial charge < -0.3 is 15.4 Å². The number of amides is 1. The zero-order valence-corrected chi connectivity index (χ0v) is 13.1. The first-order valence-electron chi connectivity index (χ1n) is 6.57. The maximum absolute atomic E-state index is 11.9. The average molecular weight is 356 g/mol. The zero-order valence-electron chi connectivity index (χ0n) is 11.5. The number of aromatic nitrogens is 2. The molecule has 1 aliphatic heterocycles. The summed E-state index contributed by atoms with van der Waals surface area (Å²) in [5, 5.41) is 13.3. The number of halogens is 3. The minimum Gasteiger partial charge on any atom is -0.376 e. The minimum absolute atomic E-state index is 0.129. The third-order valence-corrected chi connectivity index (χ3v) is 4.74. The summed E-state index contributed by atoms with van der Waals surface area (Å²) in [7, 11) is 0. The lowest BCUT2D eigenvalue weighted by atomic mass is 10.2. The van der Waals surface area contributed by atoms with Crippen LogP contribution in [0.2, 0.25) is 0 Å². The Kier molecular flexibility index (Phi) is 6.26. The molecule has 0 aliphatic carbocycles. The van der Waals surface area contributed by atoms with Crippen LogP contribution in [-0.4, -0.2) is 53.8 Å². The van der Waals surface area contributed by atoms with Crippen molar-refractivity contribution in [3.63, 3.8) is 0 Å². The smallest absolute Gasteiger partial charge is 0.376 e. The first-order chi connectivity index (χ1) is 10.4. The molecule has 2 rings (SSSR count). The summed E-state index contributed by atoms with van der Waals surface area (Å²) in [4.78, 5) is 11.3. The molecule has 1 aromatic rings. The van der Waals surface area contributed by atoms with Crippen molar-refractivity contribution in [1.82, 2.24) is 15.5 Å². The highest BCUT2D eigenvalue weighted by atomic mass is 32.2. The van der Waals surface area contributed by atoms with Gasteiger partial charge in [-0.05, 0) is 12.8 Å². The number of nitrogens with one attached hydrogen (secondary N) is 2. The lowest BCUT2D eigenvalue weighted by molar-refractivity contribution is -0.136. The molecule has 1 saturated heterocycles. The number of carbonyl (C=O) groups excluding carboxylic acids is 1. The number of hydrogen-bond donors (Lipinski definition) is 2. The van der Waals surface area contributed by atoms with Gasteiger partial charge in [-0.1, -0.05) is 23.1 Å². The molecular formula is C11H15F3N4O2S2. The van der Waals surface area contributed by atoms with Crippen molar-refractivity contribution < 1.29 is 22.7 Å². The lowest BCUT2D eigenvalue weighted by Crippen LogP contribution is -2.34. The fourth-order valence-corrected chi connectivity index (χ4v) is 3.31. The molecule has 2 heterocycles. The van der Waals surface area contributed by atoms with E-state index >= 15 is 0 Å². The summed E-state index contributed by atoms with van der Waals surface area (Å²) in [5.74, 6) is -0.817. The van der Waals surface area contributed by atoms with Crippen molar-refractivity contribution in [3.05, 3.63) is 0 Å². The number of hydrogen-bond acceptors (Lipinski definition) is 7. The second kappa shape index (κ2) is 7.97. The molecule has 1 fully saturated rings. The molecule has 124 valence electrons. The number of alkyl halides is 3. The van der Waals surface area contributed by atoms with Crippen LogP contribution < -0.4 is 10.6 Å². The predicted molar refractivity (Wildman–Crippen MR) is 77.2 cm³/mol. The molecule has 1 atom stereocenters. The highest BCUT2D eigenvalue weighted by Gasteiger charge is 2.27. The minimum atomic E-state index is -4.40. The maximum atomic E-state index is 11.9. The van der Waals surface area contributed by atoms with Crippen LogP contribution in [-0.2, 0) is 9.53 Å². The number of rotatable bonds is 7. The van der Waals surface area contributed by atoms with Crippen LogP contribution in [0, 0.1) is 0 Å². The van der Waals surface area contributed by atoms with Gasteiger partial charge in [0.1, 0.15) is 6.54 Å². The van der Waals surface area contributed by atoms with Gasteiger partial charge in [0.2, 0.25) is 11.0 Å². The van der Waals surface area contributed by atoms with Gasteiger partial charge in [0.15, 0.2) is 4.34 Å². The summed E-state index contributed by atoms with van der Waals surface area (Å²) < 4.78 is 41.8. The Morgan fingerprint density at radius 2 is 2.27 bits per heavy atom. The summed E-state index contributed by atoms with van der Waals surface area (Å²) >= 11 is 2.31. The molecule has 0 bridgehead atoms. The molecule has 2 N–H and O–H groups in total. The summed E-state index contributed by atoms with van der Waals surface area (Å²) in [5.41, 5.74) is 0.